The van der Waals surface area contributed by atoms with Crippen LogP contribution in [-0.4, -0.2) is 119 Å². The van der Waals surface area contributed by atoms with Gasteiger partial charge in [0.05, 0.1) is 43.2 Å². The van der Waals surface area contributed by atoms with Crippen LogP contribution in [0.2, 0.25) is 5.02 Å². The number of phenolic OH excluding ortho intramolecular Hbond substituents is 2. The highest BCUT2D eigenvalue weighted by Crippen LogP contribution is 2.43. The van der Waals surface area contributed by atoms with Crippen molar-refractivity contribution < 1.29 is 39.0 Å². The van der Waals surface area contributed by atoms with Crippen molar-refractivity contribution in [3.8, 4) is 11.5 Å². The van der Waals surface area contributed by atoms with Crippen molar-refractivity contribution in [1.82, 2.24) is 24.5 Å². The van der Waals surface area contributed by atoms with Crippen LogP contribution in [0.3, 0.4) is 0 Å². The number of aromatic nitrogens is 2. The number of nitrogens with zero attached hydrogens (tertiary/aromatic N) is 5. The van der Waals surface area contributed by atoms with Crippen molar-refractivity contribution in [2.24, 2.45) is 0 Å². The standard InChI is InChI=1S/C26H28ClN7O7S2/c27-18-14(3-4-15(35)21(18)37)22(38)32-5-7-34(6-1-2-13(34)9-32)10-12-11-42-24-19(23(39)33(24)20(12)25(40)41)30-17(36)8-16-29-26(28)43-31-16/h3-4,13,19,24H,1-2,5-11H2,(H5-,28,29,30,31,35,36,37,38,40,41)/p+1/t13-,19+,24+,34?/m0/s1. The predicted octanol–water partition coefficient (Wildman–Crippen LogP) is 0.601. The number of benzene rings is 1. The molecule has 43 heavy (non-hydrogen) atoms. The van der Waals surface area contributed by atoms with Gasteiger partial charge in [-0.25, -0.2) is 9.78 Å². The number of carboxylic acid groups (broad SMARTS) is 1. The number of carbonyl (C=O) groups excluding carboxylic acids is 3. The second-order valence-electron chi connectivity index (χ2n) is 11.1. The first kappa shape index (κ1) is 29.5. The van der Waals surface area contributed by atoms with Gasteiger partial charge in [-0.1, -0.05) is 11.6 Å². The minimum Gasteiger partial charge on any atom is -0.504 e. The molecule has 1 unspecified atom stereocenters. The Bertz CT molecular complexity index is 1570. The van der Waals surface area contributed by atoms with Gasteiger partial charge in [-0.15, -0.1) is 11.8 Å². The van der Waals surface area contributed by atoms with Gasteiger partial charge in [0.15, 0.2) is 22.5 Å². The average molecular weight is 651 g/mol. The number of β-lactam (4-membered cyclic amide) rings is 1. The number of nitrogen functional groups attached to an aromatic ring is 1. The van der Waals surface area contributed by atoms with E-state index < -0.39 is 40.7 Å². The van der Waals surface area contributed by atoms with Crippen LogP contribution in [0.5, 0.6) is 11.5 Å². The first-order valence-electron chi connectivity index (χ1n) is 13.6. The number of hydrogen-bond donors (Lipinski definition) is 5. The molecule has 0 radical (unpaired) electrons. The summed E-state index contributed by atoms with van der Waals surface area (Å²) in [5.41, 5.74) is 6.30. The summed E-state index contributed by atoms with van der Waals surface area (Å²) in [6, 6.07) is 1.82. The first-order chi connectivity index (χ1) is 20.5. The third-order valence-corrected chi connectivity index (χ3v) is 11.0. The summed E-state index contributed by atoms with van der Waals surface area (Å²) in [6.07, 6.45) is 1.62. The van der Waals surface area contributed by atoms with Gasteiger partial charge in [0.1, 0.15) is 29.7 Å². The van der Waals surface area contributed by atoms with Crippen molar-refractivity contribution in [3.63, 3.8) is 0 Å². The second kappa shape index (κ2) is 11.2. The summed E-state index contributed by atoms with van der Waals surface area (Å²) >= 11 is 8.54. The molecule has 3 saturated heterocycles. The molecule has 0 spiro atoms. The Balaban J connectivity index is 1.16. The van der Waals surface area contributed by atoms with E-state index in [1.165, 1.54) is 28.8 Å². The lowest BCUT2D eigenvalue weighted by Gasteiger charge is -2.51. The van der Waals surface area contributed by atoms with E-state index in [9.17, 15) is 34.5 Å². The number of halogens is 1. The zero-order valence-electron chi connectivity index (χ0n) is 22.7. The number of amides is 3. The summed E-state index contributed by atoms with van der Waals surface area (Å²) in [6.45, 7) is 2.67. The second-order valence-corrected chi connectivity index (χ2v) is 13.4. The SMILES string of the molecule is Nc1nc(CC(=O)N[C@@H]2C(=O)N3C(C(=O)O)=C(C[N+]45CCC[C@H]4CN(C(=O)c4ccc(O)c(O)c4Cl)CC5)CS[C@H]23)ns1. The Labute approximate surface area is 258 Å². The number of quaternary nitrogens is 1. The highest BCUT2D eigenvalue weighted by molar-refractivity contribution is 8.00. The zero-order chi connectivity index (χ0) is 30.6. The number of anilines is 1. The van der Waals surface area contributed by atoms with E-state index in [0.717, 1.165) is 30.9 Å². The Morgan fingerprint density at radius 1 is 1.23 bits per heavy atom. The largest absolute Gasteiger partial charge is 0.504 e. The number of carboxylic acids is 1. The average Bonchev–Trinajstić information content (AvgIpc) is 3.58. The lowest BCUT2D eigenvalue weighted by Crippen LogP contribution is -2.71. The molecule has 3 amide bonds. The van der Waals surface area contributed by atoms with Crippen molar-refractivity contribution in [1.29, 1.82) is 0 Å². The molecule has 1 aromatic heterocycles. The van der Waals surface area contributed by atoms with Gasteiger partial charge < -0.3 is 35.8 Å². The Kier molecular flexibility index (Phi) is 7.64. The van der Waals surface area contributed by atoms with E-state index in [2.05, 4.69) is 14.7 Å². The summed E-state index contributed by atoms with van der Waals surface area (Å²) in [5, 5.41) is 32.1. The van der Waals surface area contributed by atoms with Crippen LogP contribution in [0.4, 0.5) is 5.13 Å². The zero-order valence-corrected chi connectivity index (χ0v) is 25.1. The van der Waals surface area contributed by atoms with Crippen molar-refractivity contribution in [3.05, 3.63) is 39.8 Å². The molecule has 2 aromatic rings. The Morgan fingerprint density at radius 2 is 2.02 bits per heavy atom. The van der Waals surface area contributed by atoms with E-state index in [0.29, 0.717) is 42.0 Å². The number of piperazine rings is 1. The van der Waals surface area contributed by atoms with Crippen LogP contribution in [-0.2, 0) is 20.8 Å². The van der Waals surface area contributed by atoms with Crippen LogP contribution < -0.4 is 11.1 Å². The lowest BCUT2D eigenvalue weighted by atomic mass is 10.0. The lowest BCUT2D eigenvalue weighted by molar-refractivity contribution is -0.938. The molecule has 4 atom stereocenters. The van der Waals surface area contributed by atoms with Crippen LogP contribution in [0.25, 0.3) is 0 Å². The molecule has 0 aliphatic carbocycles. The summed E-state index contributed by atoms with van der Waals surface area (Å²) in [7, 11) is 0. The third kappa shape index (κ3) is 5.15. The molecule has 4 aliphatic rings. The molecule has 5 heterocycles. The minimum atomic E-state index is -1.19. The highest BCUT2D eigenvalue weighted by Gasteiger charge is 2.56. The number of nitrogens with one attached hydrogen (secondary N) is 1. The Morgan fingerprint density at radius 3 is 2.74 bits per heavy atom. The van der Waals surface area contributed by atoms with E-state index in [4.69, 9.17) is 17.3 Å². The fraction of sp³-hybridized carbons (Fsp3) is 0.462. The molecule has 14 nitrogen and oxygen atoms in total. The number of rotatable bonds is 7. The molecule has 1 aromatic carbocycles. The third-order valence-electron chi connectivity index (χ3n) is 8.65. The topological polar surface area (TPSA) is 199 Å². The molecule has 6 rings (SSSR count). The van der Waals surface area contributed by atoms with Crippen LogP contribution >= 0.6 is 34.9 Å². The molecular weight excluding hydrogens is 622 g/mol. The molecule has 228 valence electrons. The van der Waals surface area contributed by atoms with Crippen LogP contribution in [0, 0.1) is 0 Å². The van der Waals surface area contributed by atoms with Gasteiger partial charge in [0.2, 0.25) is 5.91 Å². The Hall–Kier alpha value is -3.60. The summed E-state index contributed by atoms with van der Waals surface area (Å²) < 4.78 is 4.60. The van der Waals surface area contributed by atoms with Gasteiger partial charge >= 0.3 is 5.97 Å². The number of thioether (sulfide) groups is 1. The summed E-state index contributed by atoms with van der Waals surface area (Å²) in [5.74, 6) is -2.76. The van der Waals surface area contributed by atoms with Crippen LogP contribution in [0.15, 0.2) is 23.4 Å². The quantitative estimate of drug-likeness (QED) is 0.160. The monoisotopic (exact) mass is 650 g/mol. The van der Waals surface area contributed by atoms with E-state index in [-0.39, 0.29) is 45.6 Å². The normalized spacial score (nSPS) is 26.5. The van der Waals surface area contributed by atoms with Crippen LogP contribution in [0.1, 0.15) is 29.0 Å². The molecule has 3 fully saturated rings. The van der Waals surface area contributed by atoms with E-state index in [1.807, 2.05) is 0 Å². The molecular formula is C26H29ClN7O7S2+. The van der Waals surface area contributed by atoms with Gasteiger partial charge in [-0.2, -0.15) is 4.37 Å². The first-order valence-corrected chi connectivity index (χ1v) is 15.8. The predicted molar refractivity (Wildman–Crippen MR) is 156 cm³/mol. The number of hydrogen-bond acceptors (Lipinski definition) is 11. The highest BCUT2D eigenvalue weighted by atomic mass is 35.5. The number of phenols is 2. The number of carbonyl (C=O) groups is 4. The summed E-state index contributed by atoms with van der Waals surface area (Å²) in [4.78, 5) is 58.4. The number of fused-ring (bicyclic) bond motifs is 2. The van der Waals surface area contributed by atoms with E-state index in [1.54, 1.807) is 4.90 Å². The van der Waals surface area contributed by atoms with Gasteiger partial charge in [0.25, 0.3) is 11.8 Å². The maximum Gasteiger partial charge on any atom is 0.352 e. The maximum atomic E-state index is 13.3. The van der Waals surface area contributed by atoms with Gasteiger partial charge in [0, 0.05) is 35.7 Å². The van der Waals surface area contributed by atoms with Crippen molar-refractivity contribution in [2.75, 3.05) is 44.2 Å². The van der Waals surface area contributed by atoms with E-state index >= 15 is 0 Å². The smallest absolute Gasteiger partial charge is 0.352 e. The number of nitrogens with two attached hydrogens (primary N) is 1. The maximum absolute atomic E-state index is 13.3. The fourth-order valence-corrected chi connectivity index (χ4v) is 8.60. The van der Waals surface area contributed by atoms with Gasteiger partial charge in [-0.3, -0.25) is 19.3 Å². The number of aromatic hydroxyl groups is 2. The van der Waals surface area contributed by atoms with Crippen molar-refractivity contribution in [2.45, 2.75) is 36.7 Å². The molecule has 0 saturated carbocycles. The molecule has 4 aliphatic heterocycles. The minimum absolute atomic E-state index is 0.0313. The van der Waals surface area contributed by atoms with Gasteiger partial charge in [-0.05, 0) is 12.1 Å². The van der Waals surface area contributed by atoms with Crippen molar-refractivity contribution >= 4 is 63.7 Å². The fourth-order valence-electron chi connectivity index (χ4n) is 6.58. The number of aliphatic carboxylic acids is 1. The molecule has 17 heteroatoms. The molecule has 6 N–H and O–H groups in total. The molecule has 0 bridgehead atoms.